The lowest BCUT2D eigenvalue weighted by atomic mass is 10.2. The quantitative estimate of drug-likeness (QED) is 0.720. The van der Waals surface area contributed by atoms with Gasteiger partial charge in [-0.1, -0.05) is 12.1 Å². The fourth-order valence-electron chi connectivity index (χ4n) is 1.21. The van der Waals surface area contributed by atoms with Gasteiger partial charge in [-0.05, 0) is 24.6 Å². The van der Waals surface area contributed by atoms with Gasteiger partial charge in [0, 0.05) is 19.1 Å². The largest absolute Gasteiger partial charge is 0.355 e. The molecular formula is C11H16O3S. The van der Waals surface area contributed by atoms with E-state index in [1.807, 2.05) is 31.2 Å². The van der Waals surface area contributed by atoms with E-state index in [2.05, 4.69) is 0 Å². The van der Waals surface area contributed by atoms with Gasteiger partial charge in [-0.15, -0.1) is 0 Å². The Labute approximate surface area is 92.9 Å². The molecule has 1 unspecified atom stereocenters. The number of ether oxygens (including phenoxy) is 2. The maximum atomic E-state index is 11.9. The van der Waals surface area contributed by atoms with Crippen LogP contribution >= 0.6 is 0 Å². The summed E-state index contributed by atoms with van der Waals surface area (Å²) in [4.78, 5) is 0.814. The van der Waals surface area contributed by atoms with Crippen LogP contribution in [0.2, 0.25) is 0 Å². The Hall–Kier alpha value is -0.710. The maximum Gasteiger partial charge on any atom is 0.168 e. The first-order valence-electron chi connectivity index (χ1n) is 4.68. The summed E-state index contributed by atoms with van der Waals surface area (Å²) in [6.07, 6.45) is -0.411. The smallest absolute Gasteiger partial charge is 0.168 e. The summed E-state index contributed by atoms with van der Waals surface area (Å²) in [7, 11) is 2.01. The van der Waals surface area contributed by atoms with E-state index in [0.29, 0.717) is 5.75 Å². The monoisotopic (exact) mass is 228 g/mol. The minimum Gasteiger partial charge on any atom is -0.355 e. The van der Waals surface area contributed by atoms with Crippen molar-refractivity contribution in [1.82, 2.24) is 0 Å². The summed E-state index contributed by atoms with van der Waals surface area (Å²) in [6.45, 7) is 1.98. The van der Waals surface area contributed by atoms with E-state index in [1.165, 1.54) is 0 Å². The van der Waals surface area contributed by atoms with Crippen molar-refractivity contribution in [3.63, 3.8) is 0 Å². The SMILES string of the molecule is COC(CS(=O)c1cccc(C)c1)OC. The second-order valence-corrected chi connectivity index (χ2v) is 4.73. The molecule has 0 N–H and O–H groups in total. The molecule has 0 amide bonds. The third-order valence-corrected chi connectivity index (χ3v) is 3.42. The molecule has 84 valence electrons. The summed E-state index contributed by atoms with van der Waals surface area (Å²) in [5, 5.41) is 0. The highest BCUT2D eigenvalue weighted by atomic mass is 32.2. The highest BCUT2D eigenvalue weighted by Crippen LogP contribution is 2.10. The maximum absolute atomic E-state index is 11.9. The molecule has 1 aromatic rings. The van der Waals surface area contributed by atoms with Crippen LogP contribution in [0.25, 0.3) is 0 Å². The Bertz CT molecular complexity index is 334. The molecule has 0 aromatic heterocycles. The molecule has 1 atom stereocenters. The van der Waals surface area contributed by atoms with Crippen molar-refractivity contribution in [3.8, 4) is 0 Å². The highest BCUT2D eigenvalue weighted by Gasteiger charge is 2.12. The normalized spacial score (nSPS) is 13.1. The van der Waals surface area contributed by atoms with Gasteiger partial charge in [0.1, 0.15) is 0 Å². The minimum absolute atomic E-state index is 0.358. The Morgan fingerprint density at radius 3 is 2.53 bits per heavy atom. The van der Waals surface area contributed by atoms with Gasteiger partial charge in [0.15, 0.2) is 6.29 Å². The van der Waals surface area contributed by atoms with Crippen LogP contribution in [0.3, 0.4) is 0 Å². The second-order valence-electron chi connectivity index (χ2n) is 3.23. The fraction of sp³-hybridized carbons (Fsp3) is 0.455. The second kappa shape index (κ2) is 6.00. The number of methoxy groups -OCH3 is 2. The first-order valence-corrected chi connectivity index (χ1v) is 6.00. The molecular weight excluding hydrogens is 212 g/mol. The molecule has 0 aliphatic carbocycles. The molecule has 4 heteroatoms. The number of hydrogen-bond acceptors (Lipinski definition) is 3. The zero-order chi connectivity index (χ0) is 11.3. The van der Waals surface area contributed by atoms with Crippen LogP contribution in [-0.2, 0) is 20.3 Å². The van der Waals surface area contributed by atoms with Crippen LogP contribution in [0.1, 0.15) is 5.56 Å². The highest BCUT2D eigenvalue weighted by molar-refractivity contribution is 7.85. The Morgan fingerprint density at radius 1 is 1.33 bits per heavy atom. The number of benzene rings is 1. The molecule has 0 bridgehead atoms. The number of aryl methyl sites for hydroxylation is 1. The van der Waals surface area contributed by atoms with E-state index < -0.39 is 17.1 Å². The zero-order valence-electron chi connectivity index (χ0n) is 9.23. The Kier molecular flexibility index (Phi) is 4.94. The molecule has 3 nitrogen and oxygen atoms in total. The van der Waals surface area contributed by atoms with Crippen molar-refractivity contribution in [2.45, 2.75) is 18.1 Å². The summed E-state index contributed by atoms with van der Waals surface area (Å²) < 4.78 is 21.9. The molecule has 15 heavy (non-hydrogen) atoms. The molecule has 0 saturated carbocycles. The van der Waals surface area contributed by atoms with Crippen LogP contribution < -0.4 is 0 Å². The molecule has 0 heterocycles. The summed E-state index contributed by atoms with van der Waals surface area (Å²) >= 11 is 0. The van der Waals surface area contributed by atoms with E-state index in [1.54, 1.807) is 14.2 Å². The fourth-order valence-corrected chi connectivity index (χ4v) is 2.47. The summed E-state index contributed by atoms with van der Waals surface area (Å²) in [5.74, 6) is 0.358. The van der Waals surface area contributed by atoms with Crippen LogP contribution in [0.5, 0.6) is 0 Å². The summed E-state index contributed by atoms with van der Waals surface area (Å²) in [5.41, 5.74) is 1.10. The van der Waals surface area contributed by atoms with E-state index >= 15 is 0 Å². The van der Waals surface area contributed by atoms with Crippen LogP contribution in [0, 0.1) is 6.92 Å². The molecule has 0 radical (unpaired) electrons. The van der Waals surface area contributed by atoms with Crippen LogP contribution in [0.15, 0.2) is 29.2 Å². The third kappa shape index (κ3) is 3.74. The standard InChI is InChI=1S/C11H16O3S/c1-9-5-4-6-10(7-9)15(12)8-11(13-2)14-3/h4-7,11H,8H2,1-3H3. The van der Waals surface area contributed by atoms with Crippen molar-refractivity contribution in [2.24, 2.45) is 0 Å². The van der Waals surface area contributed by atoms with E-state index in [4.69, 9.17) is 9.47 Å². The first-order chi connectivity index (χ1) is 7.17. The minimum atomic E-state index is -1.07. The average molecular weight is 228 g/mol. The molecule has 0 spiro atoms. The first kappa shape index (κ1) is 12.4. The molecule has 0 aliphatic rings. The van der Waals surface area contributed by atoms with Crippen molar-refractivity contribution in [2.75, 3.05) is 20.0 Å². The van der Waals surface area contributed by atoms with E-state index in [9.17, 15) is 4.21 Å². The molecule has 0 fully saturated rings. The third-order valence-electron chi connectivity index (χ3n) is 2.07. The predicted molar refractivity (Wildman–Crippen MR) is 60.3 cm³/mol. The Balaban J connectivity index is 2.68. The van der Waals surface area contributed by atoms with Crippen LogP contribution in [-0.4, -0.2) is 30.5 Å². The van der Waals surface area contributed by atoms with Gasteiger partial charge in [0.2, 0.25) is 0 Å². The lowest BCUT2D eigenvalue weighted by Gasteiger charge is -2.12. The topological polar surface area (TPSA) is 35.5 Å². The number of rotatable bonds is 5. The van der Waals surface area contributed by atoms with Crippen molar-refractivity contribution < 1.29 is 13.7 Å². The van der Waals surface area contributed by atoms with Gasteiger partial charge in [-0.2, -0.15) is 0 Å². The lowest BCUT2D eigenvalue weighted by Crippen LogP contribution is -2.21. The van der Waals surface area contributed by atoms with Gasteiger partial charge in [0.25, 0.3) is 0 Å². The zero-order valence-corrected chi connectivity index (χ0v) is 10.0. The van der Waals surface area contributed by atoms with Gasteiger partial charge >= 0.3 is 0 Å². The van der Waals surface area contributed by atoms with Crippen molar-refractivity contribution in [3.05, 3.63) is 29.8 Å². The van der Waals surface area contributed by atoms with Gasteiger partial charge in [-0.25, -0.2) is 0 Å². The lowest BCUT2D eigenvalue weighted by molar-refractivity contribution is -0.0847. The van der Waals surface area contributed by atoms with Crippen LogP contribution in [0.4, 0.5) is 0 Å². The average Bonchev–Trinajstić information content (AvgIpc) is 2.25. The molecule has 0 aliphatic heterocycles. The van der Waals surface area contributed by atoms with Crippen molar-refractivity contribution in [1.29, 1.82) is 0 Å². The van der Waals surface area contributed by atoms with E-state index in [0.717, 1.165) is 10.5 Å². The van der Waals surface area contributed by atoms with Gasteiger partial charge < -0.3 is 9.47 Å². The number of hydrogen-bond donors (Lipinski definition) is 0. The van der Waals surface area contributed by atoms with E-state index in [-0.39, 0.29) is 0 Å². The van der Waals surface area contributed by atoms with Crippen molar-refractivity contribution >= 4 is 10.8 Å². The van der Waals surface area contributed by atoms with Gasteiger partial charge in [0.05, 0.1) is 16.6 Å². The van der Waals surface area contributed by atoms with Gasteiger partial charge in [-0.3, -0.25) is 4.21 Å². The summed E-state index contributed by atoms with van der Waals surface area (Å²) in [6, 6.07) is 7.64. The Morgan fingerprint density at radius 2 is 2.00 bits per heavy atom. The molecule has 1 rings (SSSR count). The molecule has 0 saturated heterocycles. The predicted octanol–water partition coefficient (Wildman–Crippen LogP) is 1.72. The molecule has 1 aromatic carbocycles.